The van der Waals surface area contributed by atoms with E-state index in [1.54, 1.807) is 7.05 Å². The van der Waals surface area contributed by atoms with E-state index in [1.807, 2.05) is 20.8 Å². The van der Waals surface area contributed by atoms with E-state index in [2.05, 4.69) is 0 Å². The minimum absolute atomic E-state index is 0.0712. The minimum atomic E-state index is -0.933. The van der Waals surface area contributed by atoms with Crippen molar-refractivity contribution in [1.29, 1.82) is 0 Å². The maximum Gasteiger partial charge on any atom is 0.326 e. The monoisotopic (exact) mass is 215 g/mol. The predicted molar refractivity (Wildman–Crippen MR) is 58.6 cm³/mol. The molecular weight excluding hydrogens is 194 g/mol. The number of rotatable bonds is 6. The molecule has 0 bridgehead atoms. The standard InChI is InChI=1S/C11H21NO3/c1-5-6-7-9(13)12(4)10(8(2)3)11(14)15/h8,10H,5-7H2,1-4H3,(H,14,15)/t10-/m0/s1. The second-order valence-corrected chi connectivity index (χ2v) is 4.14. The number of carboxylic acid groups (broad SMARTS) is 1. The van der Waals surface area contributed by atoms with Crippen LogP contribution in [0.15, 0.2) is 0 Å². The van der Waals surface area contributed by atoms with Crippen molar-refractivity contribution >= 4 is 11.9 Å². The third-order valence-electron chi connectivity index (χ3n) is 2.44. The summed E-state index contributed by atoms with van der Waals surface area (Å²) in [5.74, 6) is -1.09. The fourth-order valence-electron chi connectivity index (χ4n) is 1.56. The summed E-state index contributed by atoms with van der Waals surface area (Å²) < 4.78 is 0. The number of aliphatic carboxylic acids is 1. The number of carboxylic acids is 1. The van der Waals surface area contributed by atoms with Crippen LogP contribution in [0.25, 0.3) is 0 Å². The lowest BCUT2D eigenvalue weighted by atomic mass is 10.0. The van der Waals surface area contributed by atoms with Crippen molar-refractivity contribution in [3.05, 3.63) is 0 Å². The van der Waals surface area contributed by atoms with Gasteiger partial charge in [-0.2, -0.15) is 0 Å². The van der Waals surface area contributed by atoms with Crippen molar-refractivity contribution in [2.75, 3.05) is 7.05 Å². The normalized spacial score (nSPS) is 12.6. The molecule has 0 aromatic heterocycles. The van der Waals surface area contributed by atoms with Crippen molar-refractivity contribution in [2.24, 2.45) is 5.92 Å². The molecule has 0 saturated carbocycles. The van der Waals surface area contributed by atoms with E-state index in [0.717, 1.165) is 12.8 Å². The fraction of sp³-hybridized carbons (Fsp3) is 0.818. The maximum atomic E-state index is 11.6. The first-order valence-electron chi connectivity index (χ1n) is 5.40. The Morgan fingerprint density at radius 1 is 1.33 bits per heavy atom. The Kier molecular flexibility index (Phi) is 5.97. The summed E-state index contributed by atoms with van der Waals surface area (Å²) in [5.41, 5.74) is 0. The van der Waals surface area contributed by atoms with E-state index in [9.17, 15) is 9.59 Å². The van der Waals surface area contributed by atoms with Crippen LogP contribution >= 0.6 is 0 Å². The molecule has 0 aliphatic carbocycles. The van der Waals surface area contributed by atoms with Crippen LogP contribution in [-0.2, 0) is 9.59 Å². The van der Waals surface area contributed by atoms with Gasteiger partial charge in [0.2, 0.25) is 5.91 Å². The van der Waals surface area contributed by atoms with Gasteiger partial charge in [0.25, 0.3) is 0 Å². The molecule has 0 saturated heterocycles. The third kappa shape index (κ3) is 4.32. The molecule has 0 fully saturated rings. The van der Waals surface area contributed by atoms with Crippen LogP contribution in [0.1, 0.15) is 40.0 Å². The fourth-order valence-corrected chi connectivity index (χ4v) is 1.56. The summed E-state index contributed by atoms with van der Waals surface area (Å²) in [6.45, 7) is 5.62. The highest BCUT2D eigenvalue weighted by Crippen LogP contribution is 2.11. The molecule has 1 N–H and O–H groups in total. The molecule has 0 aromatic carbocycles. The van der Waals surface area contributed by atoms with Gasteiger partial charge in [0.15, 0.2) is 0 Å². The average molecular weight is 215 g/mol. The number of hydrogen-bond acceptors (Lipinski definition) is 2. The van der Waals surface area contributed by atoms with Crippen LogP contribution in [0, 0.1) is 5.92 Å². The van der Waals surface area contributed by atoms with Gasteiger partial charge in [0.05, 0.1) is 0 Å². The smallest absolute Gasteiger partial charge is 0.326 e. The highest BCUT2D eigenvalue weighted by atomic mass is 16.4. The second-order valence-electron chi connectivity index (χ2n) is 4.14. The first-order chi connectivity index (χ1) is 6.91. The summed E-state index contributed by atoms with van der Waals surface area (Å²) in [7, 11) is 1.57. The Morgan fingerprint density at radius 2 is 1.87 bits per heavy atom. The molecule has 0 rings (SSSR count). The Bertz CT molecular complexity index is 226. The molecule has 1 amide bonds. The lowest BCUT2D eigenvalue weighted by Gasteiger charge is -2.27. The van der Waals surface area contributed by atoms with Gasteiger partial charge < -0.3 is 10.0 Å². The van der Waals surface area contributed by atoms with E-state index in [-0.39, 0.29) is 11.8 Å². The van der Waals surface area contributed by atoms with Gasteiger partial charge in [0, 0.05) is 13.5 Å². The number of hydrogen-bond donors (Lipinski definition) is 1. The summed E-state index contributed by atoms with van der Waals surface area (Å²) in [6, 6.07) is -0.714. The van der Waals surface area contributed by atoms with Crippen LogP contribution < -0.4 is 0 Å². The molecular formula is C11H21NO3. The molecule has 0 unspecified atom stereocenters. The molecule has 0 spiro atoms. The average Bonchev–Trinajstić information content (AvgIpc) is 2.12. The van der Waals surface area contributed by atoms with Gasteiger partial charge in [-0.25, -0.2) is 4.79 Å². The first-order valence-corrected chi connectivity index (χ1v) is 5.40. The van der Waals surface area contributed by atoms with Crippen LogP contribution in [0.3, 0.4) is 0 Å². The molecule has 0 aromatic rings. The van der Waals surface area contributed by atoms with Crippen LogP contribution in [0.4, 0.5) is 0 Å². The molecule has 15 heavy (non-hydrogen) atoms. The van der Waals surface area contributed by atoms with E-state index in [4.69, 9.17) is 5.11 Å². The predicted octanol–water partition coefficient (Wildman–Crippen LogP) is 1.74. The lowest BCUT2D eigenvalue weighted by Crippen LogP contribution is -2.45. The van der Waals surface area contributed by atoms with Gasteiger partial charge >= 0.3 is 5.97 Å². The van der Waals surface area contributed by atoms with Gasteiger partial charge in [-0.15, -0.1) is 0 Å². The van der Waals surface area contributed by atoms with E-state index in [0.29, 0.717) is 6.42 Å². The molecule has 88 valence electrons. The van der Waals surface area contributed by atoms with Crippen LogP contribution in [0.5, 0.6) is 0 Å². The maximum absolute atomic E-state index is 11.6. The lowest BCUT2D eigenvalue weighted by molar-refractivity contribution is -0.151. The second kappa shape index (κ2) is 6.43. The highest BCUT2D eigenvalue weighted by Gasteiger charge is 2.28. The summed E-state index contributed by atoms with van der Waals surface area (Å²) in [6.07, 6.45) is 2.19. The molecule has 1 atom stereocenters. The van der Waals surface area contributed by atoms with E-state index >= 15 is 0 Å². The first kappa shape index (κ1) is 13.9. The number of unbranched alkanes of at least 4 members (excludes halogenated alkanes) is 1. The zero-order chi connectivity index (χ0) is 12.0. The Balaban J connectivity index is 4.43. The largest absolute Gasteiger partial charge is 0.480 e. The molecule has 0 aliphatic rings. The number of carbonyl (C=O) groups excluding carboxylic acids is 1. The van der Waals surface area contributed by atoms with Crippen LogP contribution in [0.2, 0.25) is 0 Å². The zero-order valence-electron chi connectivity index (χ0n) is 9.99. The highest BCUT2D eigenvalue weighted by molar-refractivity contribution is 5.83. The molecule has 4 nitrogen and oxygen atoms in total. The van der Waals surface area contributed by atoms with Crippen molar-refractivity contribution < 1.29 is 14.7 Å². The Labute approximate surface area is 91.3 Å². The van der Waals surface area contributed by atoms with E-state index < -0.39 is 12.0 Å². The van der Waals surface area contributed by atoms with Gasteiger partial charge in [-0.05, 0) is 12.3 Å². The SMILES string of the molecule is CCCCC(=O)N(C)[C@H](C(=O)O)C(C)C. The van der Waals surface area contributed by atoms with Gasteiger partial charge in [-0.3, -0.25) is 4.79 Å². The van der Waals surface area contributed by atoms with Crippen molar-refractivity contribution in [2.45, 2.75) is 46.1 Å². The van der Waals surface area contributed by atoms with Crippen molar-refractivity contribution in [1.82, 2.24) is 4.90 Å². The molecule has 0 radical (unpaired) electrons. The number of likely N-dealkylation sites (N-methyl/N-ethyl adjacent to an activating group) is 1. The number of nitrogens with zero attached hydrogens (tertiary/aromatic N) is 1. The summed E-state index contributed by atoms with van der Waals surface area (Å²) in [5, 5.41) is 8.99. The number of amides is 1. The summed E-state index contributed by atoms with van der Waals surface area (Å²) in [4.78, 5) is 23.9. The van der Waals surface area contributed by atoms with Crippen molar-refractivity contribution in [3.63, 3.8) is 0 Å². The van der Waals surface area contributed by atoms with Crippen LogP contribution in [-0.4, -0.2) is 35.0 Å². The topological polar surface area (TPSA) is 57.6 Å². The minimum Gasteiger partial charge on any atom is -0.480 e. The zero-order valence-corrected chi connectivity index (χ0v) is 9.99. The Hall–Kier alpha value is -1.06. The molecule has 0 heterocycles. The third-order valence-corrected chi connectivity index (χ3v) is 2.44. The van der Waals surface area contributed by atoms with E-state index in [1.165, 1.54) is 4.90 Å². The molecule has 4 heteroatoms. The van der Waals surface area contributed by atoms with Gasteiger partial charge in [0.1, 0.15) is 6.04 Å². The van der Waals surface area contributed by atoms with Crippen molar-refractivity contribution in [3.8, 4) is 0 Å². The molecule has 0 aliphatic heterocycles. The number of carbonyl (C=O) groups is 2. The van der Waals surface area contributed by atoms with Gasteiger partial charge in [-0.1, -0.05) is 27.2 Å². The Morgan fingerprint density at radius 3 is 2.20 bits per heavy atom. The summed E-state index contributed by atoms with van der Waals surface area (Å²) >= 11 is 0. The quantitative estimate of drug-likeness (QED) is 0.734.